The predicted molar refractivity (Wildman–Crippen MR) is 68.5 cm³/mol. The fourth-order valence-corrected chi connectivity index (χ4v) is 2.62. The molecule has 1 amide bonds. The molecule has 0 bridgehead atoms. The van der Waals surface area contributed by atoms with Crippen LogP contribution in [-0.4, -0.2) is 53.8 Å². The van der Waals surface area contributed by atoms with Crippen LogP contribution < -0.4 is 4.74 Å². The van der Waals surface area contributed by atoms with Crippen molar-refractivity contribution in [2.45, 2.75) is 18.6 Å². The topological polar surface area (TPSA) is 76.1 Å². The number of aliphatic carboxylic acids is 1. The Bertz CT molecular complexity index is 591. The molecular formula is C14H14FNO5. The summed E-state index contributed by atoms with van der Waals surface area (Å²) in [6, 6.07) is 3.49. The third-order valence-corrected chi connectivity index (χ3v) is 3.69. The van der Waals surface area contributed by atoms with Crippen molar-refractivity contribution in [2.75, 3.05) is 19.8 Å². The minimum absolute atomic E-state index is 0.0465. The zero-order chi connectivity index (χ0) is 15.0. The number of hydrogen-bond donors (Lipinski definition) is 1. The molecule has 6 nitrogen and oxygen atoms in total. The molecule has 21 heavy (non-hydrogen) atoms. The Kier molecular flexibility index (Phi) is 3.50. The molecule has 3 rings (SSSR count). The number of carboxylic acids is 1. The van der Waals surface area contributed by atoms with Crippen LogP contribution in [0.25, 0.3) is 0 Å². The van der Waals surface area contributed by atoms with Gasteiger partial charge in [-0.25, -0.2) is 9.18 Å². The smallest absolute Gasteiger partial charge is 0.328 e. The van der Waals surface area contributed by atoms with E-state index in [1.807, 2.05) is 0 Å². The number of carbonyl (C=O) groups is 2. The Balaban J connectivity index is 1.78. The summed E-state index contributed by atoms with van der Waals surface area (Å²) in [5.41, 5.74) is 0.619. The van der Waals surface area contributed by atoms with Gasteiger partial charge in [-0.15, -0.1) is 0 Å². The molecule has 112 valence electrons. The van der Waals surface area contributed by atoms with Crippen molar-refractivity contribution in [1.29, 1.82) is 0 Å². The average molecular weight is 295 g/mol. The van der Waals surface area contributed by atoms with E-state index in [0.29, 0.717) is 5.56 Å². The first-order valence-corrected chi connectivity index (χ1v) is 6.63. The van der Waals surface area contributed by atoms with E-state index in [0.717, 1.165) is 0 Å². The number of amides is 1. The van der Waals surface area contributed by atoms with Crippen LogP contribution >= 0.6 is 0 Å². The minimum atomic E-state index is -1.12. The van der Waals surface area contributed by atoms with E-state index in [1.54, 1.807) is 12.1 Å². The van der Waals surface area contributed by atoms with E-state index in [-0.39, 0.29) is 31.9 Å². The average Bonchev–Trinajstić information content (AvgIpc) is 2.92. The maximum Gasteiger partial charge on any atom is 0.328 e. The number of hydrogen-bond acceptors (Lipinski definition) is 4. The zero-order valence-corrected chi connectivity index (χ0v) is 11.1. The molecule has 0 radical (unpaired) electrons. The van der Waals surface area contributed by atoms with Crippen LogP contribution in [0.2, 0.25) is 0 Å². The first-order chi connectivity index (χ1) is 10.1. The van der Waals surface area contributed by atoms with Crippen molar-refractivity contribution >= 4 is 11.9 Å². The van der Waals surface area contributed by atoms with Crippen LogP contribution in [0.5, 0.6) is 5.75 Å². The standard InChI is InChI=1S/C14H14FNO5/c15-9-3-1-2-8-6-11(21-12(8)9)13(17)16-4-5-20-7-10(16)14(18)19/h1-3,10-11H,4-7H2,(H,18,19)/t10-,11+/m1/s1. The van der Waals surface area contributed by atoms with Crippen molar-refractivity contribution in [3.63, 3.8) is 0 Å². The first kappa shape index (κ1) is 13.8. The third-order valence-electron chi connectivity index (χ3n) is 3.69. The second-order valence-electron chi connectivity index (χ2n) is 5.00. The summed E-state index contributed by atoms with van der Waals surface area (Å²) in [6.45, 7) is 0.424. The highest BCUT2D eigenvalue weighted by Crippen LogP contribution is 2.32. The van der Waals surface area contributed by atoms with Crippen LogP contribution in [0.1, 0.15) is 5.56 Å². The van der Waals surface area contributed by atoms with Gasteiger partial charge in [0.1, 0.15) is 0 Å². The van der Waals surface area contributed by atoms with E-state index in [9.17, 15) is 14.0 Å². The van der Waals surface area contributed by atoms with Gasteiger partial charge in [-0.3, -0.25) is 4.79 Å². The summed E-state index contributed by atoms with van der Waals surface area (Å²) in [7, 11) is 0. The number of fused-ring (bicyclic) bond motifs is 1. The van der Waals surface area contributed by atoms with Gasteiger partial charge in [0.15, 0.2) is 23.7 Å². The number of halogens is 1. The maximum absolute atomic E-state index is 13.6. The van der Waals surface area contributed by atoms with Gasteiger partial charge in [-0.2, -0.15) is 0 Å². The molecule has 2 heterocycles. The molecule has 2 atom stereocenters. The molecule has 7 heteroatoms. The monoisotopic (exact) mass is 295 g/mol. The Morgan fingerprint density at radius 2 is 2.19 bits per heavy atom. The largest absolute Gasteiger partial charge is 0.480 e. The Labute approximate surface area is 120 Å². The van der Waals surface area contributed by atoms with Gasteiger partial charge in [0.25, 0.3) is 5.91 Å². The Morgan fingerprint density at radius 1 is 1.38 bits per heavy atom. The van der Waals surface area contributed by atoms with Gasteiger partial charge in [0.2, 0.25) is 0 Å². The summed E-state index contributed by atoms with van der Waals surface area (Å²) in [5.74, 6) is -2.00. The second kappa shape index (κ2) is 5.33. The molecule has 0 spiro atoms. The Hall–Kier alpha value is -2.15. The number of ether oxygens (including phenoxy) is 2. The lowest BCUT2D eigenvalue weighted by Crippen LogP contribution is -2.56. The lowest BCUT2D eigenvalue weighted by atomic mass is 10.1. The van der Waals surface area contributed by atoms with Crippen molar-refractivity contribution in [1.82, 2.24) is 4.90 Å². The highest BCUT2D eigenvalue weighted by Gasteiger charge is 2.40. The third kappa shape index (κ3) is 2.44. The molecule has 1 N–H and O–H groups in total. The van der Waals surface area contributed by atoms with Crippen LogP contribution in [-0.2, 0) is 20.7 Å². The molecule has 1 aromatic carbocycles. The van der Waals surface area contributed by atoms with E-state index >= 15 is 0 Å². The Morgan fingerprint density at radius 3 is 2.90 bits per heavy atom. The van der Waals surface area contributed by atoms with E-state index in [1.165, 1.54) is 11.0 Å². The van der Waals surface area contributed by atoms with Gasteiger partial charge < -0.3 is 19.5 Å². The maximum atomic E-state index is 13.6. The van der Waals surface area contributed by atoms with Gasteiger partial charge in [-0.05, 0) is 6.07 Å². The summed E-state index contributed by atoms with van der Waals surface area (Å²) in [6.07, 6.45) is -0.632. The quantitative estimate of drug-likeness (QED) is 0.857. The molecule has 2 aliphatic rings. The van der Waals surface area contributed by atoms with Crippen LogP contribution in [0.15, 0.2) is 18.2 Å². The molecule has 1 saturated heterocycles. The number of nitrogens with zero attached hydrogens (tertiary/aromatic N) is 1. The minimum Gasteiger partial charge on any atom is -0.480 e. The number of carbonyl (C=O) groups excluding carboxylic acids is 1. The van der Waals surface area contributed by atoms with Crippen molar-refractivity contribution in [3.8, 4) is 5.75 Å². The van der Waals surface area contributed by atoms with Gasteiger partial charge >= 0.3 is 5.97 Å². The van der Waals surface area contributed by atoms with E-state index in [2.05, 4.69) is 0 Å². The SMILES string of the molecule is O=C(O)[C@H]1COCCN1C(=O)[C@@H]1Cc2cccc(F)c2O1. The number of carboxylic acid groups (broad SMARTS) is 1. The van der Waals surface area contributed by atoms with Crippen molar-refractivity contribution in [2.24, 2.45) is 0 Å². The molecule has 0 unspecified atom stereocenters. The second-order valence-corrected chi connectivity index (χ2v) is 5.00. The summed E-state index contributed by atoms with van der Waals surface area (Å²) >= 11 is 0. The normalized spacial score (nSPS) is 24.3. The van der Waals surface area contributed by atoms with Gasteiger partial charge in [-0.1, -0.05) is 12.1 Å². The van der Waals surface area contributed by atoms with Crippen LogP contribution in [0.3, 0.4) is 0 Å². The number of morpholine rings is 1. The zero-order valence-electron chi connectivity index (χ0n) is 11.1. The summed E-state index contributed by atoms with van der Waals surface area (Å²) in [5, 5.41) is 9.14. The van der Waals surface area contributed by atoms with E-state index in [4.69, 9.17) is 14.6 Å². The van der Waals surface area contributed by atoms with Gasteiger partial charge in [0, 0.05) is 18.5 Å². The lowest BCUT2D eigenvalue weighted by Gasteiger charge is -2.34. The number of rotatable bonds is 2. The first-order valence-electron chi connectivity index (χ1n) is 6.63. The molecule has 1 aromatic rings. The van der Waals surface area contributed by atoms with Gasteiger partial charge in [0.05, 0.1) is 13.2 Å². The highest BCUT2D eigenvalue weighted by molar-refractivity contribution is 5.87. The lowest BCUT2D eigenvalue weighted by molar-refractivity contribution is -0.161. The molecular weight excluding hydrogens is 281 g/mol. The highest BCUT2D eigenvalue weighted by atomic mass is 19.1. The van der Waals surface area contributed by atoms with Crippen molar-refractivity contribution < 1.29 is 28.6 Å². The van der Waals surface area contributed by atoms with Crippen LogP contribution in [0, 0.1) is 5.82 Å². The molecule has 0 aliphatic carbocycles. The molecule has 1 fully saturated rings. The fraction of sp³-hybridized carbons (Fsp3) is 0.429. The van der Waals surface area contributed by atoms with Crippen LogP contribution in [0.4, 0.5) is 4.39 Å². The molecule has 0 aromatic heterocycles. The predicted octanol–water partition coefficient (Wildman–Crippen LogP) is 0.441. The summed E-state index contributed by atoms with van der Waals surface area (Å²) < 4.78 is 24.1. The van der Waals surface area contributed by atoms with Crippen molar-refractivity contribution in [3.05, 3.63) is 29.6 Å². The number of para-hydroxylation sites is 1. The molecule has 0 saturated carbocycles. The summed E-state index contributed by atoms with van der Waals surface area (Å²) in [4.78, 5) is 24.9. The molecule has 2 aliphatic heterocycles. The fourth-order valence-electron chi connectivity index (χ4n) is 2.62. The van der Waals surface area contributed by atoms with E-state index < -0.39 is 29.8 Å². The number of benzene rings is 1.